The summed E-state index contributed by atoms with van der Waals surface area (Å²) in [4.78, 5) is 31.0. The van der Waals surface area contributed by atoms with Crippen molar-refractivity contribution in [2.75, 3.05) is 35.2 Å². The van der Waals surface area contributed by atoms with Crippen LogP contribution in [-0.4, -0.2) is 36.7 Å². The van der Waals surface area contributed by atoms with Crippen molar-refractivity contribution >= 4 is 53.1 Å². The lowest BCUT2D eigenvalue weighted by atomic mass is 9.97. The van der Waals surface area contributed by atoms with Gasteiger partial charge in [-0.25, -0.2) is 4.79 Å². The molecule has 8 nitrogen and oxygen atoms in total. The van der Waals surface area contributed by atoms with Crippen LogP contribution in [0.3, 0.4) is 0 Å². The second kappa shape index (κ2) is 11.6. The first-order valence-electron chi connectivity index (χ1n) is 10.3. The Hall–Kier alpha value is -3.23. The predicted octanol–water partition coefficient (Wildman–Crippen LogP) is 5.47. The fourth-order valence-electron chi connectivity index (χ4n) is 3.57. The van der Waals surface area contributed by atoms with E-state index < -0.39 is 12.0 Å². The fourth-order valence-corrected chi connectivity index (χ4v) is 3.72. The molecule has 0 radical (unpaired) electrons. The Bertz CT molecular complexity index is 1070. The van der Waals surface area contributed by atoms with Gasteiger partial charge in [-0.3, -0.25) is 15.1 Å². The summed E-state index contributed by atoms with van der Waals surface area (Å²) in [7, 11) is 0. The van der Waals surface area contributed by atoms with E-state index in [0.29, 0.717) is 23.9 Å². The average molecular weight is 491 g/mol. The van der Waals surface area contributed by atoms with Gasteiger partial charge in [-0.2, -0.15) is 0 Å². The summed E-state index contributed by atoms with van der Waals surface area (Å²) in [5.74, 6) is -0.0940. The number of aromatic nitrogens is 1. The Morgan fingerprint density at radius 1 is 1.03 bits per heavy atom. The number of amides is 2. The molecule has 2 amide bonds. The molecule has 3 heterocycles. The fraction of sp³-hybridized carbons (Fsp3) is 0.261. The van der Waals surface area contributed by atoms with E-state index in [4.69, 9.17) is 20.8 Å². The van der Waals surface area contributed by atoms with Crippen LogP contribution in [0.25, 0.3) is 0 Å². The van der Waals surface area contributed by atoms with E-state index in [1.54, 1.807) is 36.7 Å². The van der Waals surface area contributed by atoms with E-state index in [-0.39, 0.29) is 23.4 Å². The number of piperidine rings is 1. The predicted molar refractivity (Wildman–Crippen MR) is 130 cm³/mol. The largest absolute Gasteiger partial charge is 0.449 e. The van der Waals surface area contributed by atoms with Gasteiger partial charge in [-0.1, -0.05) is 12.1 Å². The molecular weight excluding hydrogens is 467 g/mol. The maximum atomic E-state index is 12.4. The molecule has 1 saturated heterocycles. The molecule has 0 spiro atoms. The third-order valence-corrected chi connectivity index (χ3v) is 5.50. The van der Waals surface area contributed by atoms with Crippen molar-refractivity contribution in [3.63, 3.8) is 0 Å². The molecular formula is C23H24Cl2N4O4. The van der Waals surface area contributed by atoms with Crippen molar-refractivity contribution in [1.29, 1.82) is 0 Å². The van der Waals surface area contributed by atoms with Crippen molar-refractivity contribution in [3.8, 4) is 0 Å². The summed E-state index contributed by atoms with van der Waals surface area (Å²) in [6, 6.07) is 13.8. The normalized spacial score (nSPS) is 13.7. The smallest absolute Gasteiger partial charge is 0.411 e. The Morgan fingerprint density at radius 3 is 2.33 bits per heavy atom. The van der Waals surface area contributed by atoms with Crippen LogP contribution in [0.2, 0.25) is 5.22 Å². The minimum atomic E-state index is -0.565. The van der Waals surface area contributed by atoms with E-state index in [1.807, 2.05) is 12.1 Å². The van der Waals surface area contributed by atoms with Gasteiger partial charge in [-0.15, -0.1) is 12.4 Å². The van der Waals surface area contributed by atoms with Gasteiger partial charge in [0.05, 0.1) is 18.0 Å². The number of ether oxygens (including phenoxy) is 1. The monoisotopic (exact) mass is 490 g/mol. The molecule has 1 fully saturated rings. The first kappa shape index (κ1) is 24.4. The molecule has 3 aromatic rings. The highest BCUT2D eigenvalue weighted by atomic mass is 35.5. The summed E-state index contributed by atoms with van der Waals surface area (Å²) in [5.41, 5.74) is 2.01. The molecule has 0 aliphatic carbocycles. The summed E-state index contributed by atoms with van der Waals surface area (Å²) in [5, 5.41) is 5.52. The van der Waals surface area contributed by atoms with Crippen molar-refractivity contribution in [3.05, 3.63) is 71.9 Å². The van der Waals surface area contributed by atoms with Crippen LogP contribution < -0.4 is 15.5 Å². The van der Waals surface area contributed by atoms with Crippen LogP contribution in [0.15, 0.2) is 65.3 Å². The molecule has 10 heteroatoms. The summed E-state index contributed by atoms with van der Waals surface area (Å²) in [6.45, 7) is 2.16. The maximum Gasteiger partial charge on any atom is 0.411 e. The number of carbonyl (C=O) groups is 2. The van der Waals surface area contributed by atoms with Gasteiger partial charge in [0.25, 0.3) is 5.91 Å². The summed E-state index contributed by atoms with van der Waals surface area (Å²) in [6.07, 6.45) is 4.89. The zero-order chi connectivity index (χ0) is 22.3. The van der Waals surface area contributed by atoms with Crippen molar-refractivity contribution in [1.82, 2.24) is 4.98 Å². The van der Waals surface area contributed by atoms with Crippen molar-refractivity contribution in [2.24, 2.45) is 5.92 Å². The number of pyridine rings is 1. The van der Waals surface area contributed by atoms with Crippen LogP contribution in [0.1, 0.15) is 23.4 Å². The van der Waals surface area contributed by atoms with Crippen LogP contribution in [0, 0.1) is 5.92 Å². The van der Waals surface area contributed by atoms with Crippen LogP contribution in [-0.2, 0) is 4.74 Å². The number of furan rings is 1. The van der Waals surface area contributed by atoms with E-state index in [2.05, 4.69) is 20.5 Å². The second-order valence-electron chi connectivity index (χ2n) is 7.46. The number of para-hydroxylation sites is 2. The quantitative estimate of drug-likeness (QED) is 0.475. The molecule has 0 atom stereocenters. The molecule has 174 valence electrons. The van der Waals surface area contributed by atoms with Crippen molar-refractivity contribution < 1.29 is 18.7 Å². The number of anilines is 3. The lowest BCUT2D eigenvalue weighted by Gasteiger charge is -2.33. The Labute approximate surface area is 202 Å². The Kier molecular flexibility index (Phi) is 8.57. The van der Waals surface area contributed by atoms with Crippen LogP contribution in [0.4, 0.5) is 21.9 Å². The molecule has 2 N–H and O–H groups in total. The lowest BCUT2D eigenvalue weighted by molar-refractivity contribution is 0.0996. The van der Waals surface area contributed by atoms with E-state index in [9.17, 15) is 9.59 Å². The highest BCUT2D eigenvalue weighted by Crippen LogP contribution is 2.25. The highest BCUT2D eigenvalue weighted by Gasteiger charge is 2.21. The van der Waals surface area contributed by atoms with Gasteiger partial charge in [-0.05, 0) is 66.8 Å². The van der Waals surface area contributed by atoms with Gasteiger partial charge < -0.3 is 19.4 Å². The van der Waals surface area contributed by atoms with Gasteiger partial charge in [0.1, 0.15) is 0 Å². The number of hydrogen-bond donors (Lipinski definition) is 2. The number of benzene rings is 1. The molecule has 0 unspecified atom stereocenters. The molecule has 1 aliphatic rings. The van der Waals surface area contributed by atoms with Gasteiger partial charge in [0, 0.05) is 31.2 Å². The standard InChI is InChI=1S/C23H23ClN4O4.ClH/c24-21-6-5-20(32-21)22(29)26-18-3-1-2-4-19(18)27-23(30)31-15-16-9-13-28(14-10-16)17-7-11-25-12-8-17;/h1-8,11-12,16H,9-10,13-15H2,(H,26,29)(H,27,30);1H. The van der Waals surface area contributed by atoms with E-state index in [0.717, 1.165) is 31.6 Å². The maximum absolute atomic E-state index is 12.4. The van der Waals surface area contributed by atoms with E-state index >= 15 is 0 Å². The number of nitrogens with zero attached hydrogens (tertiary/aromatic N) is 2. The summed E-state index contributed by atoms with van der Waals surface area (Å²) >= 11 is 5.72. The topological polar surface area (TPSA) is 96.7 Å². The minimum Gasteiger partial charge on any atom is -0.449 e. The van der Waals surface area contributed by atoms with E-state index in [1.165, 1.54) is 12.1 Å². The minimum absolute atomic E-state index is 0. The lowest BCUT2D eigenvalue weighted by Crippen LogP contribution is -2.35. The molecule has 33 heavy (non-hydrogen) atoms. The summed E-state index contributed by atoms with van der Waals surface area (Å²) < 4.78 is 10.6. The van der Waals surface area contributed by atoms with Crippen LogP contribution >= 0.6 is 24.0 Å². The number of halogens is 2. The van der Waals surface area contributed by atoms with Crippen LogP contribution in [0.5, 0.6) is 0 Å². The first-order valence-corrected chi connectivity index (χ1v) is 10.7. The molecule has 4 rings (SSSR count). The highest BCUT2D eigenvalue weighted by molar-refractivity contribution is 6.29. The number of carbonyl (C=O) groups excluding carboxylic acids is 2. The van der Waals surface area contributed by atoms with Crippen molar-refractivity contribution in [2.45, 2.75) is 12.8 Å². The zero-order valence-corrected chi connectivity index (χ0v) is 19.3. The molecule has 0 saturated carbocycles. The second-order valence-corrected chi connectivity index (χ2v) is 7.84. The number of hydrogen-bond acceptors (Lipinski definition) is 6. The number of rotatable bonds is 6. The third kappa shape index (κ3) is 6.63. The Morgan fingerprint density at radius 2 is 1.70 bits per heavy atom. The molecule has 1 aromatic carbocycles. The Balaban J connectivity index is 0.00000306. The SMILES string of the molecule is Cl.O=C(Nc1ccccc1NC(=O)c1ccc(Cl)o1)OCC1CCN(c2ccncc2)CC1. The van der Waals surface area contributed by atoms with Gasteiger partial charge in [0.15, 0.2) is 11.0 Å². The average Bonchev–Trinajstić information content (AvgIpc) is 3.26. The first-order chi connectivity index (χ1) is 15.6. The van der Waals surface area contributed by atoms with Gasteiger partial charge in [0.2, 0.25) is 0 Å². The molecule has 1 aliphatic heterocycles. The third-order valence-electron chi connectivity index (χ3n) is 5.30. The molecule has 2 aromatic heterocycles. The van der Waals surface area contributed by atoms with Gasteiger partial charge >= 0.3 is 6.09 Å². The number of nitrogens with one attached hydrogen (secondary N) is 2. The molecule has 0 bridgehead atoms. The zero-order valence-electron chi connectivity index (χ0n) is 17.7.